The Morgan fingerprint density at radius 3 is 2.80 bits per heavy atom. The van der Waals surface area contributed by atoms with Gasteiger partial charge >= 0.3 is 0 Å². The second-order valence-corrected chi connectivity index (χ2v) is 4.91. The molecule has 0 atom stereocenters. The maximum atomic E-state index is 13.0. The zero-order valence-corrected chi connectivity index (χ0v) is 13.3. The fourth-order valence-corrected chi connectivity index (χ4v) is 1.87. The molecule has 2 amide bonds. The molecule has 0 heterocycles. The SMILES string of the molecule is COc1ccc(O)c(/C=N/NC(=O)CNC(=O)c2cccc(F)c2)c1. The van der Waals surface area contributed by atoms with Crippen LogP contribution in [0.25, 0.3) is 0 Å². The van der Waals surface area contributed by atoms with Crippen molar-refractivity contribution in [1.82, 2.24) is 10.7 Å². The van der Waals surface area contributed by atoms with Gasteiger partial charge in [-0.25, -0.2) is 9.82 Å². The van der Waals surface area contributed by atoms with Crippen LogP contribution in [-0.4, -0.2) is 36.8 Å². The van der Waals surface area contributed by atoms with Crippen molar-refractivity contribution in [2.45, 2.75) is 0 Å². The molecule has 0 fully saturated rings. The van der Waals surface area contributed by atoms with Crippen LogP contribution >= 0.6 is 0 Å². The molecule has 0 unspecified atom stereocenters. The zero-order valence-electron chi connectivity index (χ0n) is 13.3. The number of rotatable bonds is 6. The Labute approximate surface area is 143 Å². The third-order valence-corrected chi connectivity index (χ3v) is 3.12. The number of ether oxygens (including phenoxy) is 1. The van der Waals surface area contributed by atoms with E-state index in [9.17, 15) is 19.1 Å². The average molecular weight is 345 g/mol. The van der Waals surface area contributed by atoms with Crippen LogP contribution in [0.4, 0.5) is 4.39 Å². The summed E-state index contributed by atoms with van der Waals surface area (Å²) >= 11 is 0. The predicted octanol–water partition coefficient (Wildman–Crippen LogP) is 1.42. The van der Waals surface area contributed by atoms with Crippen molar-refractivity contribution in [3.05, 3.63) is 59.4 Å². The quantitative estimate of drug-likeness (QED) is 0.544. The molecule has 2 rings (SSSR count). The van der Waals surface area contributed by atoms with Crippen LogP contribution in [0.1, 0.15) is 15.9 Å². The molecule has 2 aromatic carbocycles. The van der Waals surface area contributed by atoms with Crippen LogP contribution in [0.3, 0.4) is 0 Å². The molecule has 0 bridgehead atoms. The first-order chi connectivity index (χ1) is 12.0. The number of hydrogen-bond donors (Lipinski definition) is 3. The number of nitrogens with zero attached hydrogens (tertiary/aromatic N) is 1. The Morgan fingerprint density at radius 2 is 2.08 bits per heavy atom. The third kappa shape index (κ3) is 5.31. The van der Waals surface area contributed by atoms with Gasteiger partial charge in [-0.1, -0.05) is 6.07 Å². The molecule has 0 saturated carbocycles. The van der Waals surface area contributed by atoms with Crippen molar-refractivity contribution in [2.75, 3.05) is 13.7 Å². The van der Waals surface area contributed by atoms with Crippen molar-refractivity contribution >= 4 is 18.0 Å². The number of carbonyl (C=O) groups excluding carboxylic acids is 2. The lowest BCUT2D eigenvalue weighted by Crippen LogP contribution is -2.34. The highest BCUT2D eigenvalue weighted by molar-refractivity contribution is 5.96. The summed E-state index contributed by atoms with van der Waals surface area (Å²) < 4.78 is 18.1. The Bertz CT molecular complexity index is 808. The van der Waals surface area contributed by atoms with Crippen LogP contribution in [0.15, 0.2) is 47.6 Å². The minimum absolute atomic E-state index is 0.0294. The molecule has 0 aromatic heterocycles. The second-order valence-electron chi connectivity index (χ2n) is 4.91. The summed E-state index contributed by atoms with van der Waals surface area (Å²) in [6.07, 6.45) is 1.24. The van der Waals surface area contributed by atoms with Gasteiger partial charge in [0.2, 0.25) is 0 Å². The van der Waals surface area contributed by atoms with E-state index in [0.29, 0.717) is 11.3 Å². The van der Waals surface area contributed by atoms with Gasteiger partial charge in [0.05, 0.1) is 19.9 Å². The van der Waals surface area contributed by atoms with E-state index in [4.69, 9.17) is 4.74 Å². The number of benzene rings is 2. The molecule has 0 aliphatic carbocycles. The van der Waals surface area contributed by atoms with Crippen LogP contribution in [0.2, 0.25) is 0 Å². The number of nitrogens with one attached hydrogen (secondary N) is 2. The van der Waals surface area contributed by atoms with Gasteiger partial charge in [-0.2, -0.15) is 5.10 Å². The Kier molecular flexibility index (Phi) is 6.05. The molecule has 130 valence electrons. The number of phenols is 1. The summed E-state index contributed by atoms with van der Waals surface area (Å²) in [7, 11) is 1.48. The van der Waals surface area contributed by atoms with Gasteiger partial charge in [0.25, 0.3) is 11.8 Å². The molecular formula is C17H16FN3O4. The molecule has 2 aromatic rings. The summed E-state index contributed by atoms with van der Waals surface area (Å²) in [6, 6.07) is 9.66. The van der Waals surface area contributed by atoms with Crippen molar-refractivity contribution in [2.24, 2.45) is 5.10 Å². The molecule has 0 saturated heterocycles. The molecular weight excluding hydrogens is 329 g/mol. The minimum Gasteiger partial charge on any atom is -0.507 e. The monoisotopic (exact) mass is 345 g/mol. The van der Waals surface area contributed by atoms with Crippen molar-refractivity contribution < 1.29 is 23.8 Å². The minimum atomic E-state index is -0.580. The number of phenolic OH excluding ortho intramolecular Hbond substituents is 1. The first kappa shape index (κ1) is 17.9. The first-order valence-electron chi connectivity index (χ1n) is 7.22. The van der Waals surface area contributed by atoms with Crippen LogP contribution in [0.5, 0.6) is 11.5 Å². The topological polar surface area (TPSA) is 100 Å². The third-order valence-electron chi connectivity index (χ3n) is 3.12. The van der Waals surface area contributed by atoms with Crippen LogP contribution in [0, 0.1) is 5.82 Å². The van der Waals surface area contributed by atoms with Crippen LogP contribution in [-0.2, 0) is 4.79 Å². The van der Waals surface area contributed by atoms with E-state index in [1.165, 1.54) is 43.7 Å². The Morgan fingerprint density at radius 1 is 1.28 bits per heavy atom. The molecule has 7 nitrogen and oxygen atoms in total. The molecule has 0 aliphatic rings. The highest BCUT2D eigenvalue weighted by atomic mass is 19.1. The summed E-state index contributed by atoms with van der Waals surface area (Å²) in [6.45, 7) is -0.337. The van der Waals surface area contributed by atoms with E-state index in [2.05, 4.69) is 15.8 Å². The average Bonchev–Trinajstić information content (AvgIpc) is 2.61. The number of aromatic hydroxyl groups is 1. The number of hydrogen-bond acceptors (Lipinski definition) is 5. The summed E-state index contributed by atoms with van der Waals surface area (Å²) in [4.78, 5) is 23.4. The van der Waals surface area contributed by atoms with E-state index < -0.39 is 17.6 Å². The van der Waals surface area contributed by atoms with E-state index in [-0.39, 0.29) is 17.9 Å². The second kappa shape index (κ2) is 8.44. The maximum absolute atomic E-state index is 13.0. The number of amides is 2. The van der Waals surface area contributed by atoms with E-state index in [1.54, 1.807) is 6.07 Å². The predicted molar refractivity (Wildman–Crippen MR) is 89.1 cm³/mol. The van der Waals surface area contributed by atoms with Gasteiger partial charge < -0.3 is 15.2 Å². The molecule has 3 N–H and O–H groups in total. The zero-order chi connectivity index (χ0) is 18.2. The molecule has 25 heavy (non-hydrogen) atoms. The highest BCUT2D eigenvalue weighted by Gasteiger charge is 2.08. The number of hydrazone groups is 1. The maximum Gasteiger partial charge on any atom is 0.259 e. The van der Waals surface area contributed by atoms with Crippen molar-refractivity contribution in [1.29, 1.82) is 0 Å². The Balaban J connectivity index is 1.85. The largest absolute Gasteiger partial charge is 0.507 e. The number of carbonyl (C=O) groups is 2. The number of halogens is 1. The van der Waals surface area contributed by atoms with E-state index >= 15 is 0 Å². The fraction of sp³-hybridized carbons (Fsp3) is 0.118. The number of methoxy groups -OCH3 is 1. The van der Waals surface area contributed by atoms with Gasteiger partial charge in [-0.3, -0.25) is 9.59 Å². The highest BCUT2D eigenvalue weighted by Crippen LogP contribution is 2.20. The fourth-order valence-electron chi connectivity index (χ4n) is 1.87. The Hall–Kier alpha value is -3.42. The first-order valence-corrected chi connectivity index (χ1v) is 7.22. The van der Waals surface area contributed by atoms with E-state index in [0.717, 1.165) is 6.07 Å². The van der Waals surface area contributed by atoms with Gasteiger partial charge in [-0.15, -0.1) is 0 Å². The van der Waals surface area contributed by atoms with Gasteiger partial charge in [0.1, 0.15) is 17.3 Å². The normalized spacial score (nSPS) is 10.5. The van der Waals surface area contributed by atoms with Gasteiger partial charge in [-0.05, 0) is 36.4 Å². The van der Waals surface area contributed by atoms with Crippen molar-refractivity contribution in [3.8, 4) is 11.5 Å². The van der Waals surface area contributed by atoms with Gasteiger partial charge in [0.15, 0.2) is 0 Å². The standard InChI is InChI=1S/C17H16FN3O4/c1-25-14-5-6-15(22)12(8-14)9-20-21-16(23)10-19-17(24)11-3-2-4-13(18)7-11/h2-9,22H,10H2,1H3,(H,19,24)(H,21,23)/b20-9+. The lowest BCUT2D eigenvalue weighted by atomic mass is 10.2. The smallest absolute Gasteiger partial charge is 0.259 e. The van der Waals surface area contributed by atoms with Crippen LogP contribution < -0.4 is 15.5 Å². The summed E-state index contributed by atoms with van der Waals surface area (Å²) in [5.41, 5.74) is 2.66. The summed E-state index contributed by atoms with van der Waals surface area (Å²) in [5.74, 6) is -1.21. The lowest BCUT2D eigenvalue weighted by molar-refractivity contribution is -0.120. The molecule has 0 aliphatic heterocycles. The van der Waals surface area contributed by atoms with E-state index in [1.807, 2.05) is 0 Å². The summed E-state index contributed by atoms with van der Waals surface area (Å²) in [5, 5.41) is 15.7. The molecule has 0 radical (unpaired) electrons. The van der Waals surface area contributed by atoms with Crippen molar-refractivity contribution in [3.63, 3.8) is 0 Å². The molecule has 8 heteroatoms. The molecule has 0 spiro atoms. The van der Waals surface area contributed by atoms with Gasteiger partial charge in [0, 0.05) is 11.1 Å². The lowest BCUT2D eigenvalue weighted by Gasteiger charge is -2.05.